The average molecular weight is 334 g/mol. The maximum atomic E-state index is 10.7. The molecule has 112 valence electrons. The molecular formula is C13H9F3O3S2. The van der Waals surface area contributed by atoms with Gasteiger partial charge in [-0.05, 0) is 6.07 Å². The minimum Gasteiger partial charge on any atom is -0.741 e. The first-order valence-electron chi connectivity index (χ1n) is 5.74. The predicted molar refractivity (Wildman–Crippen MR) is 71.5 cm³/mol. The van der Waals surface area contributed by atoms with Crippen LogP contribution in [0.5, 0.6) is 0 Å². The second kappa shape index (κ2) is 5.81. The Balaban J connectivity index is 0.000000177. The van der Waals surface area contributed by atoms with Crippen LogP contribution >= 0.6 is 11.8 Å². The van der Waals surface area contributed by atoms with Crippen LogP contribution in [0.4, 0.5) is 13.2 Å². The summed E-state index contributed by atoms with van der Waals surface area (Å²) in [6, 6.07) is 8.64. The Bertz CT molecular complexity index is 678. The van der Waals surface area contributed by atoms with Gasteiger partial charge in [0.15, 0.2) is 16.2 Å². The molecule has 0 aromatic heterocycles. The van der Waals surface area contributed by atoms with Gasteiger partial charge >= 0.3 is 5.51 Å². The lowest BCUT2D eigenvalue weighted by molar-refractivity contribution is -0.0517. The molecular weight excluding hydrogens is 325 g/mol. The molecule has 0 amide bonds. The summed E-state index contributed by atoms with van der Waals surface area (Å²) in [5.74, 6) is 0.492. The summed E-state index contributed by atoms with van der Waals surface area (Å²) in [5.41, 5.74) is -4.20. The molecule has 1 aliphatic heterocycles. The number of thioether (sulfide) groups is 1. The number of benzene rings is 1. The van der Waals surface area contributed by atoms with Crippen LogP contribution in [-0.2, 0) is 10.1 Å². The molecule has 1 aromatic carbocycles. The number of rotatable bonds is 0. The summed E-state index contributed by atoms with van der Waals surface area (Å²) in [5, 5.41) is 0.586. The summed E-state index contributed by atoms with van der Waals surface area (Å²) < 4.78 is 58.9. The molecule has 21 heavy (non-hydrogen) atoms. The van der Waals surface area contributed by atoms with Gasteiger partial charge < -0.3 is 4.55 Å². The summed E-state index contributed by atoms with van der Waals surface area (Å²) in [7, 11) is -6.09. The molecule has 8 heteroatoms. The molecule has 3 rings (SSSR count). The van der Waals surface area contributed by atoms with E-state index in [0.717, 1.165) is 0 Å². The first-order chi connectivity index (χ1) is 9.70. The highest BCUT2D eigenvalue weighted by molar-refractivity contribution is 8.00. The van der Waals surface area contributed by atoms with E-state index in [1.54, 1.807) is 0 Å². The third-order valence-corrected chi connectivity index (χ3v) is 4.70. The van der Waals surface area contributed by atoms with E-state index >= 15 is 0 Å². The lowest BCUT2D eigenvalue weighted by atomic mass is 9.93. The topological polar surface area (TPSA) is 57.2 Å². The Morgan fingerprint density at radius 2 is 1.86 bits per heavy atom. The minimum atomic E-state index is -6.09. The number of fused-ring (bicyclic) bond motifs is 3. The second-order valence-electron chi connectivity index (χ2n) is 4.22. The van der Waals surface area contributed by atoms with Gasteiger partial charge in [-0.1, -0.05) is 18.2 Å². The molecule has 0 bridgehead atoms. The van der Waals surface area contributed by atoms with Gasteiger partial charge in [-0.15, -0.1) is 11.8 Å². The van der Waals surface area contributed by atoms with Crippen LogP contribution in [0, 0.1) is 6.08 Å². The Morgan fingerprint density at radius 3 is 2.48 bits per heavy atom. The lowest BCUT2D eigenvalue weighted by Crippen LogP contribution is -2.21. The van der Waals surface area contributed by atoms with Crippen molar-refractivity contribution < 1.29 is 26.1 Å². The highest BCUT2D eigenvalue weighted by Gasteiger charge is 2.37. The van der Waals surface area contributed by atoms with Gasteiger partial charge in [-0.25, -0.2) is 8.42 Å². The summed E-state index contributed by atoms with van der Waals surface area (Å²) in [4.78, 5) is 1.42. The number of halogens is 3. The standard InChI is InChI=1S/C12H9S.CHF3O3S/c1-3-7-11-9(5-1)10-6-2-4-8-12(10)13-11;2-1(3,4)8(5,6)7/h1-5,7-8,10,12H;(H,5,6,7)/q+1;/p-1. The molecule has 1 heterocycles. The SMILES string of the molecule is O=S(=O)([O-])C(F)(F)F.[C+]1=CC=CC2Sc3ccccc3C12. The molecule has 0 N–H and O–H groups in total. The first kappa shape index (κ1) is 16.0. The highest BCUT2D eigenvalue weighted by Crippen LogP contribution is 2.47. The smallest absolute Gasteiger partial charge is 0.485 e. The highest BCUT2D eigenvalue weighted by atomic mass is 32.2. The van der Waals surface area contributed by atoms with Gasteiger partial charge in [-0.3, -0.25) is 0 Å². The Hall–Kier alpha value is -1.34. The zero-order valence-electron chi connectivity index (χ0n) is 10.4. The van der Waals surface area contributed by atoms with Crippen LogP contribution in [0.15, 0.2) is 47.4 Å². The van der Waals surface area contributed by atoms with Crippen LogP contribution in [0.2, 0.25) is 0 Å². The number of alkyl halides is 3. The molecule has 0 fully saturated rings. The largest absolute Gasteiger partial charge is 0.741 e. The van der Waals surface area contributed by atoms with Crippen molar-refractivity contribution in [1.29, 1.82) is 0 Å². The Labute approximate surface area is 124 Å². The first-order valence-corrected chi connectivity index (χ1v) is 8.03. The van der Waals surface area contributed by atoms with E-state index < -0.39 is 15.6 Å². The van der Waals surface area contributed by atoms with Crippen LogP contribution in [-0.4, -0.2) is 23.7 Å². The second-order valence-corrected chi connectivity index (χ2v) is 6.81. The minimum absolute atomic E-state index is 0.492. The molecule has 2 atom stereocenters. The van der Waals surface area contributed by atoms with Crippen LogP contribution in [0.3, 0.4) is 0 Å². The maximum absolute atomic E-state index is 10.7. The molecule has 2 unspecified atom stereocenters. The molecule has 0 spiro atoms. The van der Waals surface area contributed by atoms with E-state index in [1.807, 2.05) is 17.8 Å². The Kier molecular flexibility index (Phi) is 4.43. The van der Waals surface area contributed by atoms with Crippen molar-refractivity contribution in [2.45, 2.75) is 21.6 Å². The molecule has 0 radical (unpaired) electrons. The van der Waals surface area contributed by atoms with Crippen molar-refractivity contribution in [2.75, 3.05) is 0 Å². The van der Waals surface area contributed by atoms with Crippen molar-refractivity contribution in [2.24, 2.45) is 0 Å². The van der Waals surface area contributed by atoms with Crippen LogP contribution in [0.25, 0.3) is 0 Å². The fourth-order valence-corrected chi connectivity index (χ4v) is 3.21. The van der Waals surface area contributed by atoms with Crippen molar-refractivity contribution in [3.63, 3.8) is 0 Å². The maximum Gasteiger partial charge on any atom is 0.485 e. The predicted octanol–water partition coefficient (Wildman–Crippen LogP) is 3.23. The quantitative estimate of drug-likeness (QED) is 0.415. The van der Waals surface area contributed by atoms with Crippen LogP contribution in [0.1, 0.15) is 11.5 Å². The van der Waals surface area contributed by atoms with Gasteiger partial charge in [0.05, 0.1) is 17.4 Å². The van der Waals surface area contributed by atoms with Gasteiger partial charge in [0.25, 0.3) is 0 Å². The molecule has 1 aliphatic carbocycles. The molecule has 3 nitrogen and oxygen atoms in total. The van der Waals surface area contributed by atoms with Crippen molar-refractivity contribution >= 4 is 21.9 Å². The van der Waals surface area contributed by atoms with Gasteiger partial charge in [0.1, 0.15) is 5.92 Å². The zero-order valence-corrected chi connectivity index (χ0v) is 12.0. The molecule has 0 saturated carbocycles. The van der Waals surface area contributed by atoms with Crippen molar-refractivity contribution in [3.8, 4) is 0 Å². The summed E-state index contributed by atoms with van der Waals surface area (Å²) in [6.45, 7) is 0. The third-order valence-electron chi connectivity index (χ3n) is 2.80. The molecule has 2 aliphatic rings. The van der Waals surface area contributed by atoms with E-state index in [-0.39, 0.29) is 0 Å². The van der Waals surface area contributed by atoms with E-state index in [2.05, 4.69) is 42.5 Å². The monoisotopic (exact) mass is 334 g/mol. The van der Waals surface area contributed by atoms with E-state index in [0.29, 0.717) is 11.2 Å². The lowest BCUT2D eigenvalue weighted by Gasteiger charge is -2.08. The number of allylic oxidation sites excluding steroid dienone is 3. The zero-order chi connectivity index (χ0) is 15.7. The van der Waals surface area contributed by atoms with Crippen molar-refractivity contribution in [3.05, 3.63) is 54.1 Å². The van der Waals surface area contributed by atoms with Crippen LogP contribution < -0.4 is 0 Å². The number of hydrogen-bond donors (Lipinski definition) is 0. The Morgan fingerprint density at radius 1 is 1.24 bits per heavy atom. The molecule has 1 aromatic rings. The number of hydrogen-bond acceptors (Lipinski definition) is 4. The fourth-order valence-electron chi connectivity index (χ4n) is 1.90. The third kappa shape index (κ3) is 3.65. The van der Waals surface area contributed by atoms with Gasteiger partial charge in [0.2, 0.25) is 0 Å². The van der Waals surface area contributed by atoms with Gasteiger partial charge in [-0.2, -0.15) is 13.2 Å². The van der Waals surface area contributed by atoms with E-state index in [4.69, 9.17) is 13.0 Å². The van der Waals surface area contributed by atoms with Crippen molar-refractivity contribution in [1.82, 2.24) is 0 Å². The summed E-state index contributed by atoms with van der Waals surface area (Å²) in [6.07, 6.45) is 9.80. The van der Waals surface area contributed by atoms with E-state index in [9.17, 15) is 13.2 Å². The summed E-state index contributed by atoms with van der Waals surface area (Å²) >= 11 is 1.95. The normalized spacial score (nSPS) is 22.7. The molecule has 0 saturated heterocycles. The fraction of sp³-hybridized carbons (Fsp3) is 0.231. The van der Waals surface area contributed by atoms with Gasteiger partial charge in [0, 0.05) is 16.5 Å². The van der Waals surface area contributed by atoms with E-state index in [1.165, 1.54) is 10.5 Å². The average Bonchev–Trinajstić information content (AvgIpc) is 2.75.